The van der Waals surface area contributed by atoms with Crippen molar-refractivity contribution in [3.05, 3.63) is 64.2 Å². The van der Waals surface area contributed by atoms with Crippen molar-refractivity contribution in [3.63, 3.8) is 0 Å². The molecule has 110 valence electrons. The van der Waals surface area contributed by atoms with Gasteiger partial charge in [-0.15, -0.1) is 0 Å². The maximum atomic E-state index is 13.1. The Bertz CT molecular complexity index is 656. The smallest absolute Gasteiger partial charge is 0.255 e. The zero-order valence-corrected chi connectivity index (χ0v) is 11.9. The van der Waals surface area contributed by atoms with Gasteiger partial charge in [0.1, 0.15) is 17.4 Å². The zero-order chi connectivity index (χ0) is 15.4. The highest BCUT2D eigenvalue weighted by Gasteiger charge is 2.12. The summed E-state index contributed by atoms with van der Waals surface area (Å²) in [5.74, 6) is -1.48. The van der Waals surface area contributed by atoms with Gasteiger partial charge in [-0.1, -0.05) is 11.6 Å². The summed E-state index contributed by atoms with van der Waals surface area (Å²) in [4.78, 5) is 12.1. The van der Waals surface area contributed by atoms with Crippen LogP contribution >= 0.6 is 11.6 Å². The summed E-state index contributed by atoms with van der Waals surface area (Å²) in [6, 6.07) is 7.67. The molecule has 2 rings (SSSR count). The van der Waals surface area contributed by atoms with Crippen LogP contribution in [0, 0.1) is 11.6 Å². The van der Waals surface area contributed by atoms with Gasteiger partial charge in [-0.05, 0) is 35.9 Å². The third-order valence-corrected chi connectivity index (χ3v) is 3.02. The molecule has 1 N–H and O–H groups in total. The van der Waals surface area contributed by atoms with Crippen molar-refractivity contribution >= 4 is 17.5 Å². The molecule has 1 amide bonds. The van der Waals surface area contributed by atoms with E-state index in [0.717, 1.165) is 18.2 Å². The number of ether oxygens (including phenoxy) is 1. The van der Waals surface area contributed by atoms with Crippen LogP contribution in [0.5, 0.6) is 5.75 Å². The number of nitrogens with one attached hydrogen (secondary N) is 1. The molecule has 0 radical (unpaired) electrons. The Morgan fingerprint density at radius 3 is 2.48 bits per heavy atom. The minimum atomic E-state index is -0.691. The van der Waals surface area contributed by atoms with E-state index in [-0.39, 0.29) is 6.54 Å². The molecule has 0 spiro atoms. The number of rotatable bonds is 4. The SMILES string of the molecule is COc1cc(Cl)ccc1C(=O)NCc1cc(F)cc(F)c1. The van der Waals surface area contributed by atoms with Crippen molar-refractivity contribution in [2.24, 2.45) is 0 Å². The van der Waals surface area contributed by atoms with E-state index in [1.165, 1.54) is 19.2 Å². The first-order valence-corrected chi connectivity index (χ1v) is 6.44. The van der Waals surface area contributed by atoms with Crippen molar-refractivity contribution in [3.8, 4) is 5.75 Å². The highest BCUT2D eigenvalue weighted by molar-refractivity contribution is 6.30. The molecule has 0 aromatic heterocycles. The fourth-order valence-electron chi connectivity index (χ4n) is 1.84. The molecule has 0 aliphatic rings. The third-order valence-electron chi connectivity index (χ3n) is 2.78. The Kier molecular flexibility index (Phi) is 4.75. The second-order valence-corrected chi connectivity index (χ2v) is 4.74. The Labute approximate surface area is 125 Å². The first kappa shape index (κ1) is 15.3. The highest BCUT2D eigenvalue weighted by Crippen LogP contribution is 2.23. The maximum Gasteiger partial charge on any atom is 0.255 e. The molecular weight excluding hydrogens is 300 g/mol. The molecule has 3 nitrogen and oxygen atoms in total. The molecule has 0 atom stereocenters. The van der Waals surface area contributed by atoms with E-state index in [0.29, 0.717) is 21.9 Å². The summed E-state index contributed by atoms with van der Waals surface area (Å²) < 4.78 is 31.2. The number of carbonyl (C=O) groups is 1. The van der Waals surface area contributed by atoms with Crippen LogP contribution in [0.15, 0.2) is 36.4 Å². The lowest BCUT2D eigenvalue weighted by atomic mass is 10.1. The lowest BCUT2D eigenvalue weighted by Crippen LogP contribution is -2.23. The molecule has 6 heteroatoms. The molecule has 2 aromatic carbocycles. The van der Waals surface area contributed by atoms with Gasteiger partial charge in [0, 0.05) is 17.6 Å². The van der Waals surface area contributed by atoms with Gasteiger partial charge in [0.15, 0.2) is 0 Å². The van der Waals surface area contributed by atoms with E-state index in [9.17, 15) is 13.6 Å². The molecule has 0 aliphatic carbocycles. The third kappa shape index (κ3) is 3.92. The highest BCUT2D eigenvalue weighted by atomic mass is 35.5. The van der Waals surface area contributed by atoms with Gasteiger partial charge in [-0.2, -0.15) is 0 Å². The fraction of sp³-hybridized carbons (Fsp3) is 0.133. The summed E-state index contributed by atoms with van der Waals surface area (Å²) in [5, 5.41) is 3.01. The molecule has 0 saturated heterocycles. The van der Waals surface area contributed by atoms with Crippen LogP contribution in [0.2, 0.25) is 5.02 Å². The lowest BCUT2D eigenvalue weighted by molar-refractivity contribution is 0.0947. The fourth-order valence-corrected chi connectivity index (χ4v) is 2.01. The Morgan fingerprint density at radius 1 is 1.19 bits per heavy atom. The van der Waals surface area contributed by atoms with Crippen molar-refractivity contribution < 1.29 is 18.3 Å². The molecule has 21 heavy (non-hydrogen) atoms. The van der Waals surface area contributed by atoms with Crippen molar-refractivity contribution in [1.29, 1.82) is 0 Å². The van der Waals surface area contributed by atoms with Crippen LogP contribution in [0.3, 0.4) is 0 Å². The van der Waals surface area contributed by atoms with Gasteiger partial charge in [-0.3, -0.25) is 4.79 Å². The van der Waals surface area contributed by atoms with E-state index >= 15 is 0 Å². The number of benzene rings is 2. The van der Waals surface area contributed by atoms with Crippen LogP contribution < -0.4 is 10.1 Å². The molecule has 2 aromatic rings. The van der Waals surface area contributed by atoms with E-state index in [2.05, 4.69) is 5.32 Å². The largest absolute Gasteiger partial charge is 0.496 e. The van der Waals surface area contributed by atoms with Crippen LogP contribution in [0.1, 0.15) is 15.9 Å². The summed E-state index contributed by atoms with van der Waals surface area (Å²) in [5.41, 5.74) is 0.618. The van der Waals surface area contributed by atoms with E-state index in [1.807, 2.05) is 0 Å². The first-order chi connectivity index (χ1) is 9.99. The number of halogens is 3. The van der Waals surface area contributed by atoms with Crippen LogP contribution in [-0.2, 0) is 6.54 Å². The number of hydrogen-bond donors (Lipinski definition) is 1. The van der Waals surface area contributed by atoms with Crippen LogP contribution in [0.25, 0.3) is 0 Å². The second kappa shape index (κ2) is 6.54. The summed E-state index contributed by atoms with van der Waals surface area (Å²) >= 11 is 5.81. The average Bonchev–Trinajstić information content (AvgIpc) is 2.43. The van der Waals surface area contributed by atoms with Crippen LogP contribution in [0.4, 0.5) is 8.78 Å². The molecule has 0 unspecified atom stereocenters. The quantitative estimate of drug-likeness (QED) is 0.937. The topological polar surface area (TPSA) is 38.3 Å². The molecule has 0 saturated carbocycles. The maximum absolute atomic E-state index is 13.1. The van der Waals surface area contributed by atoms with Gasteiger partial charge in [-0.25, -0.2) is 8.78 Å². The minimum Gasteiger partial charge on any atom is -0.496 e. The Balaban J connectivity index is 2.11. The Hall–Kier alpha value is -2.14. The predicted molar refractivity (Wildman–Crippen MR) is 75.5 cm³/mol. The number of hydrogen-bond acceptors (Lipinski definition) is 2. The summed E-state index contributed by atoms with van der Waals surface area (Å²) in [7, 11) is 1.42. The standard InChI is InChI=1S/C15H12ClF2NO2/c1-21-14-6-10(16)2-3-13(14)15(20)19-8-9-4-11(17)7-12(18)5-9/h2-7H,8H2,1H3,(H,19,20). The van der Waals surface area contributed by atoms with E-state index in [1.54, 1.807) is 6.07 Å². The number of carbonyl (C=O) groups excluding carboxylic acids is 1. The molecule has 0 heterocycles. The molecular formula is C15H12ClF2NO2. The first-order valence-electron chi connectivity index (χ1n) is 6.06. The predicted octanol–water partition coefficient (Wildman–Crippen LogP) is 3.56. The van der Waals surface area contributed by atoms with Crippen LogP contribution in [-0.4, -0.2) is 13.0 Å². The number of amides is 1. The molecule has 0 bridgehead atoms. The van der Waals surface area contributed by atoms with Crippen molar-refractivity contribution in [1.82, 2.24) is 5.32 Å². The number of methoxy groups -OCH3 is 1. The van der Waals surface area contributed by atoms with Gasteiger partial charge in [0.05, 0.1) is 12.7 Å². The zero-order valence-electron chi connectivity index (χ0n) is 11.1. The van der Waals surface area contributed by atoms with Crippen molar-refractivity contribution in [2.45, 2.75) is 6.54 Å². The van der Waals surface area contributed by atoms with Gasteiger partial charge < -0.3 is 10.1 Å². The average molecular weight is 312 g/mol. The lowest BCUT2D eigenvalue weighted by Gasteiger charge is -2.10. The normalized spacial score (nSPS) is 10.3. The van der Waals surface area contributed by atoms with Gasteiger partial charge in [0.2, 0.25) is 0 Å². The van der Waals surface area contributed by atoms with E-state index < -0.39 is 17.5 Å². The Morgan fingerprint density at radius 2 is 1.86 bits per heavy atom. The van der Waals surface area contributed by atoms with Gasteiger partial charge >= 0.3 is 0 Å². The monoisotopic (exact) mass is 311 g/mol. The second-order valence-electron chi connectivity index (χ2n) is 4.30. The molecule has 0 fully saturated rings. The van der Waals surface area contributed by atoms with E-state index in [4.69, 9.17) is 16.3 Å². The van der Waals surface area contributed by atoms with Gasteiger partial charge in [0.25, 0.3) is 5.91 Å². The van der Waals surface area contributed by atoms with Crippen molar-refractivity contribution in [2.75, 3.05) is 7.11 Å². The summed E-state index contributed by atoms with van der Waals surface area (Å²) in [6.45, 7) is -0.000700. The summed E-state index contributed by atoms with van der Waals surface area (Å²) in [6.07, 6.45) is 0. The molecule has 0 aliphatic heterocycles. The minimum absolute atomic E-state index is 0.000700.